The van der Waals surface area contributed by atoms with Crippen LogP contribution in [0.1, 0.15) is 33.4 Å². The number of H-pyrrole nitrogens is 1. The molecule has 2 aromatic heterocycles. The van der Waals surface area contributed by atoms with Gasteiger partial charge < -0.3 is 16.0 Å². The van der Waals surface area contributed by atoms with E-state index in [0.717, 1.165) is 5.69 Å². The summed E-state index contributed by atoms with van der Waals surface area (Å²) in [5, 5.41) is 26.9. The molecular weight excluding hydrogens is 440 g/mol. The average molecular weight is 463 g/mol. The van der Waals surface area contributed by atoms with E-state index >= 15 is 0 Å². The van der Waals surface area contributed by atoms with Crippen molar-refractivity contribution in [2.75, 3.05) is 18.4 Å². The number of nitro groups is 1. The molecule has 0 aliphatic carbocycles. The van der Waals surface area contributed by atoms with Crippen LogP contribution in [-0.2, 0) is 10.2 Å². The Morgan fingerprint density at radius 1 is 1.25 bits per heavy atom. The minimum Gasteiger partial charge on any atom is -0.355 e. The Kier molecular flexibility index (Phi) is 6.35. The highest BCUT2D eigenvalue weighted by molar-refractivity contribution is 6.34. The minimum atomic E-state index is -0.553. The lowest BCUT2D eigenvalue weighted by Gasteiger charge is -2.16. The first-order valence-corrected chi connectivity index (χ1v) is 10.1. The number of non-ortho nitro benzene ring substituents is 1. The van der Waals surface area contributed by atoms with Crippen molar-refractivity contribution in [1.82, 2.24) is 30.4 Å². The van der Waals surface area contributed by atoms with Gasteiger partial charge in [-0.1, -0.05) is 32.4 Å². The van der Waals surface area contributed by atoms with E-state index in [9.17, 15) is 19.7 Å². The molecule has 0 bridgehead atoms. The number of fused-ring (bicyclic) bond motifs is 1. The highest BCUT2D eigenvalue weighted by Crippen LogP contribution is 2.34. The molecule has 0 saturated heterocycles. The van der Waals surface area contributed by atoms with Crippen LogP contribution in [0.15, 0.2) is 18.2 Å². The van der Waals surface area contributed by atoms with Gasteiger partial charge in [0, 0.05) is 37.6 Å². The Bertz CT molecular complexity index is 1190. The normalized spacial score (nSPS) is 11.4. The van der Waals surface area contributed by atoms with Crippen LogP contribution < -0.4 is 16.0 Å². The molecule has 1 aromatic carbocycles. The Morgan fingerprint density at radius 3 is 2.53 bits per heavy atom. The summed E-state index contributed by atoms with van der Waals surface area (Å²) in [6, 6.07) is 3.39. The summed E-state index contributed by atoms with van der Waals surface area (Å²) >= 11 is 6.47. The molecule has 0 radical (unpaired) electrons. The number of nitrogens with zero attached hydrogens (tertiary/aromatic N) is 4. The van der Waals surface area contributed by atoms with Crippen LogP contribution in [0.5, 0.6) is 0 Å². The average Bonchev–Trinajstić information content (AvgIpc) is 3.24. The molecule has 0 aliphatic heterocycles. The maximum atomic E-state index is 12.2. The molecule has 0 fully saturated rings. The monoisotopic (exact) mass is 462 g/mol. The van der Waals surface area contributed by atoms with Gasteiger partial charge in [-0.25, -0.2) is 9.78 Å². The number of aromatic amines is 1. The Labute approximate surface area is 187 Å². The Balaban J connectivity index is 1.92. The van der Waals surface area contributed by atoms with E-state index in [1.165, 1.54) is 29.8 Å². The largest absolute Gasteiger partial charge is 0.355 e. The second-order valence-electron chi connectivity index (χ2n) is 8.07. The van der Waals surface area contributed by atoms with Crippen LogP contribution in [0.2, 0.25) is 5.02 Å². The molecular formula is C19H23ClN8O4. The number of amides is 3. The fourth-order valence-corrected chi connectivity index (χ4v) is 3.38. The van der Waals surface area contributed by atoms with E-state index in [4.69, 9.17) is 11.6 Å². The van der Waals surface area contributed by atoms with E-state index in [2.05, 4.69) is 31.1 Å². The van der Waals surface area contributed by atoms with Gasteiger partial charge in [-0.3, -0.25) is 20.0 Å². The smallest absolute Gasteiger partial charge is 0.319 e. The fourth-order valence-electron chi connectivity index (χ4n) is 2.93. The van der Waals surface area contributed by atoms with E-state index in [-0.39, 0.29) is 47.2 Å². The van der Waals surface area contributed by atoms with Crippen molar-refractivity contribution in [3.8, 4) is 11.4 Å². The topological polar surface area (TPSA) is 159 Å². The van der Waals surface area contributed by atoms with Gasteiger partial charge in [-0.05, 0) is 6.07 Å². The van der Waals surface area contributed by atoms with Crippen LogP contribution in [-0.4, -0.2) is 49.8 Å². The second kappa shape index (κ2) is 8.83. The third kappa shape index (κ3) is 4.97. The molecule has 13 heteroatoms. The Morgan fingerprint density at radius 2 is 1.94 bits per heavy atom. The third-order valence-electron chi connectivity index (χ3n) is 4.48. The predicted molar refractivity (Wildman–Crippen MR) is 119 cm³/mol. The third-order valence-corrected chi connectivity index (χ3v) is 4.84. The number of carbonyl (C=O) groups is 2. The number of benzene rings is 1. The molecule has 3 aromatic rings. The van der Waals surface area contributed by atoms with Gasteiger partial charge in [0.2, 0.25) is 5.91 Å². The summed E-state index contributed by atoms with van der Waals surface area (Å²) in [7, 11) is 0. The van der Waals surface area contributed by atoms with Crippen molar-refractivity contribution in [1.29, 1.82) is 0 Å². The van der Waals surface area contributed by atoms with E-state index in [0.29, 0.717) is 10.7 Å². The number of urea groups is 1. The standard InChI is InChI=1S/C19H23ClN8O4/c1-10(29)21-7-8-22-18(30)23-13-6-5-11(28(31)32)9-12(13)16-24-17-14(20)15(19(2,3)4)25-27(17)26-16/h5-6,9,25H,7-8H2,1-4H3,(H,21,29)(H2,22,23,30). The van der Waals surface area contributed by atoms with Crippen LogP contribution in [0.25, 0.3) is 17.0 Å². The molecule has 3 amide bonds. The van der Waals surface area contributed by atoms with Gasteiger partial charge in [0.15, 0.2) is 11.5 Å². The number of nitrogens with one attached hydrogen (secondary N) is 4. The number of aromatic nitrogens is 4. The van der Waals surface area contributed by atoms with Gasteiger partial charge in [0.25, 0.3) is 5.69 Å². The number of anilines is 1. The number of hydrogen-bond donors (Lipinski definition) is 4. The summed E-state index contributed by atoms with van der Waals surface area (Å²) in [5.41, 5.74) is 1.18. The van der Waals surface area contributed by atoms with E-state index in [1.807, 2.05) is 20.8 Å². The maximum Gasteiger partial charge on any atom is 0.319 e. The molecule has 170 valence electrons. The molecule has 0 unspecified atom stereocenters. The lowest BCUT2D eigenvalue weighted by Crippen LogP contribution is -2.36. The lowest BCUT2D eigenvalue weighted by molar-refractivity contribution is -0.384. The first kappa shape index (κ1) is 23.0. The zero-order valence-electron chi connectivity index (χ0n) is 17.9. The van der Waals surface area contributed by atoms with Crippen molar-refractivity contribution >= 4 is 40.6 Å². The molecule has 0 atom stereocenters. The molecule has 3 rings (SSSR count). The van der Waals surface area contributed by atoms with Crippen LogP contribution in [0, 0.1) is 10.1 Å². The fraction of sp³-hybridized carbons (Fsp3) is 0.368. The first-order chi connectivity index (χ1) is 15.0. The van der Waals surface area contributed by atoms with Crippen molar-refractivity contribution in [3.05, 3.63) is 39.0 Å². The zero-order valence-corrected chi connectivity index (χ0v) is 18.7. The summed E-state index contributed by atoms with van der Waals surface area (Å²) in [4.78, 5) is 38.3. The van der Waals surface area contributed by atoms with Gasteiger partial charge in [0.1, 0.15) is 5.02 Å². The predicted octanol–water partition coefficient (Wildman–Crippen LogP) is 2.84. The molecule has 0 saturated carbocycles. The molecule has 32 heavy (non-hydrogen) atoms. The number of rotatable bonds is 6. The zero-order chi connectivity index (χ0) is 23.6. The quantitative estimate of drug-likeness (QED) is 0.250. The van der Waals surface area contributed by atoms with Gasteiger partial charge >= 0.3 is 6.03 Å². The van der Waals surface area contributed by atoms with Crippen molar-refractivity contribution in [2.24, 2.45) is 0 Å². The number of nitro benzene ring substituents is 1. The maximum absolute atomic E-state index is 12.2. The first-order valence-electron chi connectivity index (χ1n) is 9.70. The molecule has 12 nitrogen and oxygen atoms in total. The summed E-state index contributed by atoms with van der Waals surface area (Å²) in [6.45, 7) is 7.79. The number of hydrogen-bond acceptors (Lipinski definition) is 6. The highest BCUT2D eigenvalue weighted by Gasteiger charge is 2.25. The van der Waals surface area contributed by atoms with Crippen LogP contribution in [0.3, 0.4) is 0 Å². The summed E-state index contributed by atoms with van der Waals surface area (Å²) in [5.74, 6) is -0.0597. The molecule has 4 N–H and O–H groups in total. The number of carbonyl (C=O) groups excluding carboxylic acids is 2. The minimum absolute atomic E-state index is 0.149. The summed E-state index contributed by atoms with van der Waals surface area (Å²) in [6.07, 6.45) is 0. The molecule has 2 heterocycles. The second-order valence-corrected chi connectivity index (χ2v) is 8.45. The lowest BCUT2D eigenvalue weighted by atomic mass is 9.92. The van der Waals surface area contributed by atoms with Crippen molar-refractivity contribution in [3.63, 3.8) is 0 Å². The van der Waals surface area contributed by atoms with E-state index in [1.54, 1.807) is 0 Å². The van der Waals surface area contributed by atoms with Crippen LogP contribution in [0.4, 0.5) is 16.2 Å². The SMILES string of the molecule is CC(=O)NCCNC(=O)Nc1ccc([N+](=O)[O-])cc1-c1nc2c(Cl)c(C(C)(C)C)[nH]n2n1. The Hall–Kier alpha value is -3.67. The highest BCUT2D eigenvalue weighted by atomic mass is 35.5. The van der Waals surface area contributed by atoms with E-state index < -0.39 is 11.0 Å². The van der Waals surface area contributed by atoms with Gasteiger partial charge in [-0.15, -0.1) is 5.10 Å². The van der Waals surface area contributed by atoms with Gasteiger partial charge in [0.05, 0.1) is 21.9 Å². The van der Waals surface area contributed by atoms with Crippen LogP contribution >= 0.6 is 11.6 Å². The molecule has 0 aliphatic rings. The summed E-state index contributed by atoms with van der Waals surface area (Å²) < 4.78 is 1.40. The van der Waals surface area contributed by atoms with Crippen molar-refractivity contribution < 1.29 is 14.5 Å². The molecule has 0 spiro atoms. The van der Waals surface area contributed by atoms with Crippen molar-refractivity contribution in [2.45, 2.75) is 33.1 Å². The van der Waals surface area contributed by atoms with Gasteiger partial charge in [-0.2, -0.15) is 4.63 Å². The number of halogens is 1.